The predicted molar refractivity (Wildman–Crippen MR) is 65.3 cm³/mol. The van der Waals surface area contributed by atoms with Gasteiger partial charge in [-0.3, -0.25) is 4.98 Å². The van der Waals surface area contributed by atoms with Crippen molar-refractivity contribution < 1.29 is 21.6 Å². The second-order valence-electron chi connectivity index (χ2n) is 4.26. The van der Waals surface area contributed by atoms with E-state index in [2.05, 4.69) is 10.3 Å². The number of pyridine rings is 1. The fourth-order valence-electron chi connectivity index (χ4n) is 1.80. The van der Waals surface area contributed by atoms with Crippen molar-refractivity contribution in [3.05, 3.63) is 29.6 Å². The number of nitrogens with one attached hydrogen (secondary N) is 1. The predicted octanol–water partition coefficient (Wildman–Crippen LogP) is 1.79. The van der Waals surface area contributed by atoms with E-state index >= 15 is 0 Å². The monoisotopic (exact) mass is 296 g/mol. The van der Waals surface area contributed by atoms with Gasteiger partial charge in [-0.2, -0.15) is 13.2 Å². The summed E-state index contributed by atoms with van der Waals surface area (Å²) < 4.78 is 61.7. The van der Waals surface area contributed by atoms with Gasteiger partial charge in [0.1, 0.15) is 0 Å². The minimum atomic E-state index is -4.55. The SMILES string of the molecule is CNC(c1cnccc1C(F)(F)F)C(C)S(C)(=O)=O. The summed E-state index contributed by atoms with van der Waals surface area (Å²) in [6.45, 7) is 1.36. The number of alkyl halides is 3. The van der Waals surface area contributed by atoms with Crippen LogP contribution in [0.15, 0.2) is 18.5 Å². The van der Waals surface area contributed by atoms with E-state index in [0.717, 1.165) is 24.7 Å². The summed E-state index contributed by atoms with van der Waals surface area (Å²) in [5.74, 6) is 0. The van der Waals surface area contributed by atoms with Crippen LogP contribution in [0.25, 0.3) is 0 Å². The van der Waals surface area contributed by atoms with Gasteiger partial charge in [-0.05, 0) is 20.0 Å². The van der Waals surface area contributed by atoms with Crippen LogP contribution in [0, 0.1) is 0 Å². The van der Waals surface area contributed by atoms with Crippen molar-refractivity contribution in [2.45, 2.75) is 24.4 Å². The van der Waals surface area contributed by atoms with Gasteiger partial charge in [-0.25, -0.2) is 8.42 Å². The molecule has 0 saturated heterocycles. The van der Waals surface area contributed by atoms with Crippen LogP contribution in [-0.2, 0) is 16.0 Å². The summed E-state index contributed by atoms with van der Waals surface area (Å²) in [6, 6.07) is -0.130. The van der Waals surface area contributed by atoms with Gasteiger partial charge in [0.05, 0.1) is 16.9 Å². The highest BCUT2D eigenvalue weighted by atomic mass is 32.2. The first-order valence-corrected chi connectivity index (χ1v) is 7.41. The largest absolute Gasteiger partial charge is 0.416 e. The summed E-state index contributed by atoms with van der Waals surface area (Å²) in [6.07, 6.45) is -1.48. The van der Waals surface area contributed by atoms with Crippen molar-refractivity contribution >= 4 is 9.84 Å². The van der Waals surface area contributed by atoms with Gasteiger partial charge in [0.15, 0.2) is 9.84 Å². The molecule has 0 fully saturated rings. The van der Waals surface area contributed by atoms with Crippen molar-refractivity contribution in [3.8, 4) is 0 Å². The molecule has 8 heteroatoms. The standard InChI is InChI=1S/C11H15F3N2O2S/c1-7(19(3,17)18)10(15-2)8-6-16-5-4-9(8)11(12,13)14/h4-7,10,15H,1-3H3. The zero-order valence-corrected chi connectivity index (χ0v) is 11.5. The molecule has 4 nitrogen and oxygen atoms in total. The summed E-state index contributed by atoms with van der Waals surface area (Å²) in [4.78, 5) is 3.66. The molecule has 1 heterocycles. The van der Waals surface area contributed by atoms with Crippen LogP contribution in [0.5, 0.6) is 0 Å². The lowest BCUT2D eigenvalue weighted by atomic mass is 10.0. The Labute approximate surface area is 110 Å². The molecule has 1 aromatic rings. The third-order valence-corrected chi connectivity index (χ3v) is 4.57. The van der Waals surface area contributed by atoms with E-state index < -0.39 is 32.9 Å². The third-order valence-electron chi connectivity index (χ3n) is 2.95. The molecular weight excluding hydrogens is 281 g/mol. The van der Waals surface area contributed by atoms with Crippen molar-refractivity contribution in [2.75, 3.05) is 13.3 Å². The highest BCUT2D eigenvalue weighted by Gasteiger charge is 2.37. The van der Waals surface area contributed by atoms with Gasteiger partial charge >= 0.3 is 6.18 Å². The lowest BCUT2D eigenvalue weighted by Crippen LogP contribution is -2.34. The number of rotatable bonds is 4. The molecule has 108 valence electrons. The van der Waals surface area contributed by atoms with Crippen LogP contribution in [-0.4, -0.2) is 32.0 Å². The zero-order chi connectivity index (χ0) is 14.8. The summed E-state index contributed by atoms with van der Waals surface area (Å²) in [5.41, 5.74) is -1.05. The highest BCUT2D eigenvalue weighted by Crippen LogP contribution is 2.35. The van der Waals surface area contributed by atoms with E-state index in [4.69, 9.17) is 0 Å². The molecule has 1 aromatic heterocycles. The number of hydrogen-bond acceptors (Lipinski definition) is 4. The molecule has 19 heavy (non-hydrogen) atoms. The molecular formula is C11H15F3N2O2S. The third kappa shape index (κ3) is 3.66. The Kier molecular flexibility index (Phi) is 4.57. The van der Waals surface area contributed by atoms with Crippen molar-refractivity contribution in [1.29, 1.82) is 0 Å². The lowest BCUT2D eigenvalue weighted by molar-refractivity contribution is -0.138. The van der Waals surface area contributed by atoms with Crippen LogP contribution in [0.4, 0.5) is 13.2 Å². The second-order valence-corrected chi connectivity index (χ2v) is 6.66. The number of nitrogens with zero attached hydrogens (tertiary/aromatic N) is 1. The molecule has 0 aliphatic carbocycles. The fraction of sp³-hybridized carbons (Fsp3) is 0.545. The topological polar surface area (TPSA) is 59.1 Å². The Hall–Kier alpha value is -1.15. The minimum absolute atomic E-state index is 0.171. The maximum Gasteiger partial charge on any atom is 0.416 e. The quantitative estimate of drug-likeness (QED) is 0.920. The van der Waals surface area contributed by atoms with Gasteiger partial charge in [-0.1, -0.05) is 0 Å². The minimum Gasteiger partial charge on any atom is -0.312 e. The van der Waals surface area contributed by atoms with Crippen LogP contribution in [0.1, 0.15) is 24.1 Å². The molecule has 0 aliphatic heterocycles. The zero-order valence-electron chi connectivity index (χ0n) is 10.7. The maximum atomic E-state index is 12.9. The van der Waals surface area contributed by atoms with E-state index in [0.29, 0.717) is 0 Å². The van der Waals surface area contributed by atoms with Crippen LogP contribution in [0.2, 0.25) is 0 Å². The first-order chi connectivity index (χ1) is 8.59. The maximum absolute atomic E-state index is 12.9. The molecule has 2 atom stereocenters. The van der Waals surface area contributed by atoms with E-state index in [1.165, 1.54) is 14.0 Å². The first-order valence-electron chi connectivity index (χ1n) is 5.46. The van der Waals surface area contributed by atoms with Crippen LogP contribution < -0.4 is 5.32 Å². The van der Waals surface area contributed by atoms with Gasteiger partial charge in [0, 0.05) is 24.2 Å². The first kappa shape index (κ1) is 15.9. The molecule has 2 unspecified atom stereocenters. The molecule has 0 aliphatic rings. The lowest BCUT2D eigenvalue weighted by Gasteiger charge is -2.25. The number of hydrogen-bond donors (Lipinski definition) is 1. The van der Waals surface area contributed by atoms with Crippen molar-refractivity contribution in [3.63, 3.8) is 0 Å². The van der Waals surface area contributed by atoms with Gasteiger partial charge in [0.2, 0.25) is 0 Å². The Balaban J connectivity index is 3.35. The van der Waals surface area contributed by atoms with Gasteiger partial charge in [0.25, 0.3) is 0 Å². The molecule has 0 radical (unpaired) electrons. The Morgan fingerprint density at radius 3 is 2.37 bits per heavy atom. The molecule has 0 saturated carbocycles. The van der Waals surface area contributed by atoms with Crippen LogP contribution >= 0.6 is 0 Å². The second kappa shape index (κ2) is 5.46. The van der Waals surface area contributed by atoms with Crippen LogP contribution in [0.3, 0.4) is 0 Å². The summed E-state index contributed by atoms with van der Waals surface area (Å²) in [5, 5.41) is 1.62. The van der Waals surface area contributed by atoms with E-state index in [9.17, 15) is 21.6 Å². The van der Waals surface area contributed by atoms with Gasteiger partial charge in [-0.15, -0.1) is 0 Å². The average Bonchev–Trinajstić information content (AvgIpc) is 2.28. The molecule has 1 N–H and O–H groups in total. The van der Waals surface area contributed by atoms with E-state index in [1.807, 2.05) is 0 Å². The Morgan fingerprint density at radius 2 is 1.95 bits per heavy atom. The van der Waals surface area contributed by atoms with Crippen molar-refractivity contribution in [1.82, 2.24) is 10.3 Å². The molecule has 1 rings (SSSR count). The molecule has 0 aromatic carbocycles. The molecule has 0 bridgehead atoms. The molecule has 0 amide bonds. The summed E-state index contributed by atoms with van der Waals surface area (Å²) in [7, 11) is -2.07. The van der Waals surface area contributed by atoms with E-state index in [-0.39, 0.29) is 5.56 Å². The highest BCUT2D eigenvalue weighted by molar-refractivity contribution is 7.91. The van der Waals surface area contributed by atoms with Gasteiger partial charge < -0.3 is 5.32 Å². The average molecular weight is 296 g/mol. The smallest absolute Gasteiger partial charge is 0.312 e. The molecule has 0 spiro atoms. The number of sulfone groups is 1. The number of halogens is 3. The Morgan fingerprint density at radius 1 is 1.37 bits per heavy atom. The van der Waals surface area contributed by atoms with E-state index in [1.54, 1.807) is 0 Å². The number of aromatic nitrogens is 1. The normalized spacial score (nSPS) is 16.1. The fourth-order valence-corrected chi connectivity index (χ4v) is 2.58. The Bertz CT molecular complexity index is 543. The van der Waals surface area contributed by atoms with Crippen molar-refractivity contribution in [2.24, 2.45) is 0 Å². The summed E-state index contributed by atoms with van der Waals surface area (Å²) >= 11 is 0.